The van der Waals surface area contributed by atoms with Crippen molar-refractivity contribution in [3.8, 4) is 6.07 Å². The van der Waals surface area contributed by atoms with Crippen LogP contribution in [0.1, 0.15) is 11.1 Å². The minimum atomic E-state index is -0.381. The van der Waals surface area contributed by atoms with Crippen LogP contribution in [0, 0.1) is 25.2 Å². The number of aryl methyl sites for hydroxylation is 1. The highest BCUT2D eigenvalue weighted by atomic mass is 35.5. The quantitative estimate of drug-likeness (QED) is 0.625. The van der Waals surface area contributed by atoms with Crippen molar-refractivity contribution < 1.29 is 4.79 Å². The number of rotatable bonds is 4. The molecule has 1 heterocycles. The standard InChI is InChI=1S/C22H23ClN4O/c1-16-5-3-8-21(17(16)2)25-22(28)18(14-24)15-26-9-11-27(12-10-26)20-7-4-6-19(23)13-20/h3-8,13,15H,9-12H2,1-2H3,(H,25,28)/b18-15-. The van der Waals surface area contributed by atoms with E-state index in [9.17, 15) is 10.1 Å². The first-order valence-corrected chi connectivity index (χ1v) is 9.60. The molecule has 2 aromatic rings. The lowest BCUT2D eigenvalue weighted by Crippen LogP contribution is -2.44. The molecule has 28 heavy (non-hydrogen) atoms. The number of carbonyl (C=O) groups is 1. The Bertz CT molecular complexity index is 940. The third-order valence-electron chi connectivity index (χ3n) is 5.02. The normalized spacial score (nSPS) is 14.6. The lowest BCUT2D eigenvalue weighted by molar-refractivity contribution is -0.112. The fourth-order valence-corrected chi connectivity index (χ4v) is 3.36. The van der Waals surface area contributed by atoms with E-state index in [0.717, 1.165) is 53.7 Å². The van der Waals surface area contributed by atoms with Gasteiger partial charge in [-0.1, -0.05) is 29.8 Å². The Morgan fingerprint density at radius 2 is 1.86 bits per heavy atom. The van der Waals surface area contributed by atoms with Gasteiger partial charge < -0.3 is 15.1 Å². The summed E-state index contributed by atoms with van der Waals surface area (Å²) in [5.41, 5.74) is 4.03. The average molecular weight is 395 g/mol. The number of amides is 1. The molecule has 1 amide bonds. The van der Waals surface area contributed by atoms with Crippen LogP contribution in [0.15, 0.2) is 54.2 Å². The van der Waals surface area contributed by atoms with Crippen LogP contribution in [-0.4, -0.2) is 37.0 Å². The summed E-state index contributed by atoms with van der Waals surface area (Å²) in [4.78, 5) is 16.8. The zero-order valence-electron chi connectivity index (χ0n) is 16.1. The summed E-state index contributed by atoms with van der Waals surface area (Å²) in [6.45, 7) is 7.01. The number of piperazine rings is 1. The number of hydrogen-bond acceptors (Lipinski definition) is 4. The fraction of sp³-hybridized carbons (Fsp3) is 0.273. The highest BCUT2D eigenvalue weighted by Crippen LogP contribution is 2.21. The molecule has 1 fully saturated rings. The number of carbonyl (C=O) groups excluding carboxylic acids is 1. The predicted octanol–water partition coefficient (Wildman–Crippen LogP) is 4.13. The zero-order chi connectivity index (χ0) is 20.1. The monoisotopic (exact) mass is 394 g/mol. The molecule has 1 N–H and O–H groups in total. The van der Waals surface area contributed by atoms with Crippen molar-refractivity contribution in [2.75, 3.05) is 36.4 Å². The van der Waals surface area contributed by atoms with Gasteiger partial charge in [0.25, 0.3) is 5.91 Å². The van der Waals surface area contributed by atoms with E-state index in [4.69, 9.17) is 11.6 Å². The number of halogens is 1. The molecule has 1 aliphatic rings. The molecule has 0 spiro atoms. The maximum atomic E-state index is 12.6. The number of benzene rings is 2. The van der Waals surface area contributed by atoms with Crippen LogP contribution in [-0.2, 0) is 4.79 Å². The highest BCUT2D eigenvalue weighted by molar-refractivity contribution is 6.30. The van der Waals surface area contributed by atoms with Gasteiger partial charge in [-0.05, 0) is 49.2 Å². The maximum Gasteiger partial charge on any atom is 0.267 e. The van der Waals surface area contributed by atoms with Crippen molar-refractivity contribution in [3.05, 3.63) is 70.4 Å². The van der Waals surface area contributed by atoms with Crippen molar-refractivity contribution in [2.45, 2.75) is 13.8 Å². The Labute approximate surface area is 170 Å². The molecule has 1 saturated heterocycles. The molecular weight excluding hydrogens is 372 g/mol. The molecule has 1 aliphatic heterocycles. The minimum Gasteiger partial charge on any atom is -0.373 e. The average Bonchev–Trinajstić information content (AvgIpc) is 2.70. The van der Waals surface area contributed by atoms with Crippen LogP contribution in [0.2, 0.25) is 5.02 Å². The van der Waals surface area contributed by atoms with E-state index < -0.39 is 0 Å². The summed E-state index contributed by atoms with van der Waals surface area (Å²) in [7, 11) is 0. The summed E-state index contributed by atoms with van der Waals surface area (Å²) in [5, 5.41) is 13.0. The molecule has 0 radical (unpaired) electrons. The van der Waals surface area contributed by atoms with Crippen LogP contribution in [0.4, 0.5) is 11.4 Å². The van der Waals surface area contributed by atoms with Gasteiger partial charge in [0, 0.05) is 48.8 Å². The van der Waals surface area contributed by atoms with E-state index in [-0.39, 0.29) is 11.5 Å². The second kappa shape index (κ2) is 8.81. The number of hydrogen-bond donors (Lipinski definition) is 1. The lowest BCUT2D eigenvalue weighted by atomic mass is 10.1. The van der Waals surface area contributed by atoms with Crippen molar-refractivity contribution in [1.82, 2.24) is 4.90 Å². The zero-order valence-corrected chi connectivity index (χ0v) is 16.8. The molecule has 0 unspecified atom stereocenters. The van der Waals surface area contributed by atoms with E-state index >= 15 is 0 Å². The van der Waals surface area contributed by atoms with E-state index in [1.165, 1.54) is 0 Å². The highest BCUT2D eigenvalue weighted by Gasteiger charge is 2.18. The van der Waals surface area contributed by atoms with Gasteiger partial charge in [-0.2, -0.15) is 5.26 Å². The number of nitrogens with zero attached hydrogens (tertiary/aromatic N) is 3. The molecule has 3 rings (SSSR count). The largest absolute Gasteiger partial charge is 0.373 e. The lowest BCUT2D eigenvalue weighted by Gasteiger charge is -2.35. The van der Waals surface area contributed by atoms with Gasteiger partial charge in [-0.25, -0.2) is 0 Å². The third kappa shape index (κ3) is 4.65. The first-order valence-electron chi connectivity index (χ1n) is 9.22. The van der Waals surface area contributed by atoms with Crippen molar-refractivity contribution >= 4 is 28.9 Å². The molecule has 0 bridgehead atoms. The number of anilines is 2. The Balaban J connectivity index is 1.64. The van der Waals surface area contributed by atoms with Gasteiger partial charge in [0.05, 0.1) is 0 Å². The van der Waals surface area contributed by atoms with E-state index in [1.807, 2.05) is 67.3 Å². The van der Waals surface area contributed by atoms with Gasteiger partial charge in [-0.3, -0.25) is 4.79 Å². The van der Waals surface area contributed by atoms with E-state index in [0.29, 0.717) is 0 Å². The second-order valence-electron chi connectivity index (χ2n) is 6.86. The number of nitriles is 1. The van der Waals surface area contributed by atoms with Crippen molar-refractivity contribution in [1.29, 1.82) is 5.26 Å². The van der Waals surface area contributed by atoms with E-state index in [2.05, 4.69) is 10.2 Å². The number of nitrogens with one attached hydrogen (secondary N) is 1. The van der Waals surface area contributed by atoms with Crippen molar-refractivity contribution in [3.63, 3.8) is 0 Å². The SMILES string of the molecule is Cc1cccc(NC(=O)/C(C#N)=C\N2CCN(c3cccc(Cl)c3)CC2)c1C. The topological polar surface area (TPSA) is 59.4 Å². The Hall–Kier alpha value is -2.97. The van der Waals surface area contributed by atoms with Gasteiger partial charge in [0.15, 0.2) is 0 Å². The summed E-state index contributed by atoms with van der Waals surface area (Å²) in [5.74, 6) is -0.381. The molecule has 0 saturated carbocycles. The van der Waals surface area contributed by atoms with Crippen LogP contribution in [0.25, 0.3) is 0 Å². The smallest absolute Gasteiger partial charge is 0.267 e. The van der Waals surface area contributed by atoms with Gasteiger partial charge >= 0.3 is 0 Å². The maximum absolute atomic E-state index is 12.6. The van der Waals surface area contributed by atoms with E-state index in [1.54, 1.807) is 6.20 Å². The molecule has 0 aliphatic carbocycles. The molecule has 144 valence electrons. The van der Waals surface area contributed by atoms with Gasteiger partial charge in [0.2, 0.25) is 0 Å². The Morgan fingerprint density at radius 3 is 2.54 bits per heavy atom. The molecule has 2 aromatic carbocycles. The fourth-order valence-electron chi connectivity index (χ4n) is 3.18. The molecule has 0 atom stereocenters. The first-order chi connectivity index (χ1) is 13.5. The van der Waals surface area contributed by atoms with Crippen LogP contribution >= 0.6 is 11.6 Å². The van der Waals surface area contributed by atoms with Crippen LogP contribution in [0.5, 0.6) is 0 Å². The summed E-state index contributed by atoms with van der Waals surface area (Å²) < 4.78 is 0. The first kappa shape index (κ1) is 19.8. The second-order valence-corrected chi connectivity index (χ2v) is 7.30. The van der Waals surface area contributed by atoms with Gasteiger partial charge in [-0.15, -0.1) is 0 Å². The molecule has 0 aromatic heterocycles. The summed E-state index contributed by atoms with van der Waals surface area (Å²) in [6.07, 6.45) is 1.66. The summed E-state index contributed by atoms with van der Waals surface area (Å²) in [6, 6.07) is 15.5. The molecule has 5 nitrogen and oxygen atoms in total. The molecular formula is C22H23ClN4O. The Kier molecular flexibility index (Phi) is 6.23. The molecule has 6 heteroatoms. The third-order valence-corrected chi connectivity index (χ3v) is 5.25. The predicted molar refractivity (Wildman–Crippen MR) is 113 cm³/mol. The summed E-state index contributed by atoms with van der Waals surface area (Å²) >= 11 is 6.08. The minimum absolute atomic E-state index is 0.108. The van der Waals surface area contributed by atoms with Gasteiger partial charge in [0.1, 0.15) is 11.6 Å². The van der Waals surface area contributed by atoms with Crippen molar-refractivity contribution in [2.24, 2.45) is 0 Å². The van der Waals surface area contributed by atoms with Crippen LogP contribution in [0.3, 0.4) is 0 Å². The van der Waals surface area contributed by atoms with Crippen LogP contribution < -0.4 is 10.2 Å². The Morgan fingerprint density at radius 1 is 1.14 bits per heavy atom.